The van der Waals surface area contributed by atoms with Crippen molar-refractivity contribution < 1.29 is 0 Å². The molecule has 1 heterocycles. The molecule has 3 aromatic rings. The van der Waals surface area contributed by atoms with Crippen molar-refractivity contribution in [2.24, 2.45) is 0 Å². The van der Waals surface area contributed by atoms with Gasteiger partial charge in [-0.2, -0.15) is 0 Å². The summed E-state index contributed by atoms with van der Waals surface area (Å²) >= 11 is 0. The molecule has 2 aromatic carbocycles. The molecule has 0 N–H and O–H groups in total. The van der Waals surface area contributed by atoms with E-state index in [1.165, 1.54) is 113 Å². The van der Waals surface area contributed by atoms with E-state index >= 15 is 0 Å². The van der Waals surface area contributed by atoms with Crippen molar-refractivity contribution in [1.82, 2.24) is 9.55 Å². The molecule has 0 spiro atoms. The molecule has 1 aromatic heterocycles. The second-order valence-electron chi connectivity index (χ2n) is 9.79. The topological polar surface area (TPSA) is 17.8 Å². The van der Waals surface area contributed by atoms with Crippen molar-refractivity contribution >= 4 is 40.6 Å². The molecule has 0 saturated heterocycles. The molecule has 0 radical (unpaired) electrons. The molecule has 3 rings (SSSR count). The van der Waals surface area contributed by atoms with Gasteiger partial charge in [-0.15, -0.1) is 0 Å². The standard InChI is InChI=1S/C31H46N2.Na.H/c1-2-3-4-5-6-7-8-9-10-11-12-13-14-15-19-26-31-32-29-24-20-21-25-30(29)33(31)27-28-22-17-16-18-23-28;;/h16-18,20-25H,2-15,19,26-27H2,1H3;;. The summed E-state index contributed by atoms with van der Waals surface area (Å²) in [4.78, 5) is 4.98. The number of imidazole rings is 1. The number of aryl methyl sites for hydroxylation is 1. The summed E-state index contributed by atoms with van der Waals surface area (Å²) in [5.41, 5.74) is 3.74. The average molecular weight is 471 g/mol. The summed E-state index contributed by atoms with van der Waals surface area (Å²) in [7, 11) is 0. The van der Waals surface area contributed by atoms with Crippen LogP contribution >= 0.6 is 0 Å². The Bertz CT molecular complexity index is 887. The fourth-order valence-electron chi connectivity index (χ4n) is 4.91. The third-order valence-corrected chi connectivity index (χ3v) is 6.92. The summed E-state index contributed by atoms with van der Waals surface area (Å²) in [6, 6.07) is 19.4. The van der Waals surface area contributed by atoms with E-state index in [4.69, 9.17) is 4.98 Å². The van der Waals surface area contributed by atoms with Gasteiger partial charge in [-0.05, 0) is 24.1 Å². The Labute approximate surface area is 231 Å². The molecule has 0 aliphatic rings. The van der Waals surface area contributed by atoms with E-state index in [2.05, 4.69) is 66.1 Å². The molecule has 0 aliphatic carbocycles. The van der Waals surface area contributed by atoms with Gasteiger partial charge >= 0.3 is 29.6 Å². The normalized spacial score (nSPS) is 11.1. The number of para-hydroxylation sites is 2. The first-order valence-electron chi connectivity index (χ1n) is 13.9. The zero-order valence-corrected chi connectivity index (χ0v) is 21.1. The van der Waals surface area contributed by atoms with Crippen LogP contribution in [0.2, 0.25) is 0 Å². The van der Waals surface area contributed by atoms with Crippen molar-refractivity contribution in [3.63, 3.8) is 0 Å². The molecular weight excluding hydrogens is 423 g/mol. The number of hydrogen-bond donors (Lipinski definition) is 0. The quantitative estimate of drug-likeness (QED) is 0.134. The van der Waals surface area contributed by atoms with Crippen LogP contribution in [-0.2, 0) is 13.0 Å². The van der Waals surface area contributed by atoms with Gasteiger partial charge in [0, 0.05) is 13.0 Å². The third kappa shape index (κ3) is 10.7. The van der Waals surface area contributed by atoms with E-state index < -0.39 is 0 Å². The molecule has 0 aliphatic heterocycles. The van der Waals surface area contributed by atoms with Crippen LogP contribution in [0.25, 0.3) is 11.0 Å². The van der Waals surface area contributed by atoms with E-state index in [0.29, 0.717) is 0 Å². The van der Waals surface area contributed by atoms with E-state index in [1.807, 2.05) is 0 Å². The second kappa shape index (κ2) is 18.2. The average Bonchev–Trinajstić information content (AvgIpc) is 3.19. The van der Waals surface area contributed by atoms with E-state index in [0.717, 1.165) is 18.5 Å². The molecule has 0 unspecified atom stereocenters. The summed E-state index contributed by atoms with van der Waals surface area (Å²) < 4.78 is 2.43. The fraction of sp³-hybridized carbons (Fsp3) is 0.581. The van der Waals surface area contributed by atoms with Crippen LogP contribution in [0.1, 0.15) is 115 Å². The molecule has 0 bridgehead atoms. The summed E-state index contributed by atoms with van der Waals surface area (Å²) in [5.74, 6) is 1.25. The molecule has 0 amide bonds. The van der Waals surface area contributed by atoms with Gasteiger partial charge in [0.25, 0.3) is 0 Å². The number of aromatic nitrogens is 2. The molecule has 0 atom stereocenters. The zero-order chi connectivity index (χ0) is 23.0. The zero-order valence-electron chi connectivity index (χ0n) is 21.1. The van der Waals surface area contributed by atoms with Crippen LogP contribution < -0.4 is 0 Å². The first-order valence-corrected chi connectivity index (χ1v) is 13.9. The van der Waals surface area contributed by atoms with Crippen LogP contribution in [0.3, 0.4) is 0 Å². The Hall–Kier alpha value is -1.09. The van der Waals surface area contributed by atoms with Crippen LogP contribution in [0.15, 0.2) is 54.6 Å². The fourth-order valence-corrected chi connectivity index (χ4v) is 4.91. The third-order valence-electron chi connectivity index (χ3n) is 6.92. The summed E-state index contributed by atoms with van der Waals surface area (Å²) in [5, 5.41) is 0. The predicted molar refractivity (Wildman–Crippen MR) is 151 cm³/mol. The molecule has 0 fully saturated rings. The second-order valence-corrected chi connectivity index (χ2v) is 9.79. The Morgan fingerprint density at radius 2 is 1.09 bits per heavy atom. The van der Waals surface area contributed by atoms with Crippen LogP contribution in [0, 0.1) is 0 Å². The Kier molecular flexibility index (Phi) is 15.6. The maximum atomic E-state index is 4.98. The Morgan fingerprint density at radius 1 is 0.588 bits per heavy atom. The van der Waals surface area contributed by atoms with Crippen molar-refractivity contribution in [2.75, 3.05) is 0 Å². The maximum absolute atomic E-state index is 4.98. The number of hydrogen-bond acceptors (Lipinski definition) is 1. The first-order chi connectivity index (χ1) is 16.4. The van der Waals surface area contributed by atoms with Crippen molar-refractivity contribution in [3.8, 4) is 0 Å². The van der Waals surface area contributed by atoms with Gasteiger partial charge in [-0.25, -0.2) is 4.98 Å². The van der Waals surface area contributed by atoms with Crippen molar-refractivity contribution in [1.29, 1.82) is 0 Å². The summed E-state index contributed by atoms with van der Waals surface area (Å²) in [6.45, 7) is 3.21. The molecule has 0 saturated carbocycles. The van der Waals surface area contributed by atoms with E-state index in [-0.39, 0.29) is 29.6 Å². The van der Waals surface area contributed by atoms with Gasteiger partial charge in [-0.1, -0.05) is 139 Å². The number of benzene rings is 2. The van der Waals surface area contributed by atoms with Gasteiger partial charge in [0.1, 0.15) is 5.82 Å². The monoisotopic (exact) mass is 470 g/mol. The molecule has 2 nitrogen and oxygen atoms in total. The van der Waals surface area contributed by atoms with E-state index in [1.54, 1.807) is 0 Å². The Morgan fingerprint density at radius 3 is 1.68 bits per heavy atom. The van der Waals surface area contributed by atoms with Crippen molar-refractivity contribution in [3.05, 3.63) is 66.0 Å². The molecule has 34 heavy (non-hydrogen) atoms. The number of rotatable bonds is 18. The summed E-state index contributed by atoms with van der Waals surface area (Å²) in [6.07, 6.45) is 22.2. The van der Waals surface area contributed by atoms with Crippen molar-refractivity contribution in [2.45, 2.75) is 116 Å². The molecule has 3 heteroatoms. The number of unbranched alkanes of at least 4 members (excludes halogenated alkanes) is 14. The van der Waals surface area contributed by atoms with Gasteiger partial charge in [-0.3, -0.25) is 0 Å². The van der Waals surface area contributed by atoms with Crippen LogP contribution in [0.4, 0.5) is 0 Å². The van der Waals surface area contributed by atoms with Crippen LogP contribution in [-0.4, -0.2) is 39.1 Å². The number of nitrogens with zero attached hydrogens (tertiary/aromatic N) is 2. The Balaban J connectivity index is 0.00000408. The minimum absolute atomic E-state index is 0. The van der Waals surface area contributed by atoms with Gasteiger partial charge in [0.15, 0.2) is 0 Å². The number of fused-ring (bicyclic) bond motifs is 1. The predicted octanol–water partition coefficient (Wildman–Crippen LogP) is 8.85. The molecular formula is C31H47N2Na. The first kappa shape index (κ1) is 29.1. The van der Waals surface area contributed by atoms with Crippen LogP contribution in [0.5, 0.6) is 0 Å². The van der Waals surface area contributed by atoms with E-state index in [9.17, 15) is 0 Å². The van der Waals surface area contributed by atoms with Gasteiger partial charge in [0.2, 0.25) is 0 Å². The minimum atomic E-state index is 0. The molecule has 182 valence electrons. The SMILES string of the molecule is CCCCCCCCCCCCCCCCCc1nc2ccccc2n1Cc1ccccc1.[NaH]. The van der Waals surface area contributed by atoms with Gasteiger partial charge in [0.05, 0.1) is 11.0 Å². The van der Waals surface area contributed by atoms with Gasteiger partial charge < -0.3 is 4.57 Å².